The molecular formula is C25H27FN4O3S. The van der Waals surface area contributed by atoms with Crippen molar-refractivity contribution in [2.75, 3.05) is 42.6 Å². The summed E-state index contributed by atoms with van der Waals surface area (Å²) in [6, 6.07) is 16.0. The normalized spacial score (nSPS) is 20.0. The van der Waals surface area contributed by atoms with Crippen molar-refractivity contribution in [3.05, 3.63) is 71.7 Å². The van der Waals surface area contributed by atoms with Crippen LogP contribution in [0.2, 0.25) is 0 Å². The van der Waals surface area contributed by atoms with Crippen LogP contribution < -0.4 is 4.90 Å². The molecule has 2 aliphatic rings. The summed E-state index contributed by atoms with van der Waals surface area (Å²) in [6.45, 7) is 3.97. The van der Waals surface area contributed by atoms with E-state index in [0.717, 1.165) is 16.8 Å². The van der Waals surface area contributed by atoms with E-state index in [1.807, 2.05) is 36.1 Å². The number of aromatic nitrogens is 2. The van der Waals surface area contributed by atoms with Gasteiger partial charge in [-0.25, -0.2) is 12.8 Å². The molecule has 2 fully saturated rings. The molecule has 1 atom stereocenters. The number of sulfone groups is 1. The fourth-order valence-corrected chi connectivity index (χ4v) is 6.40. The highest BCUT2D eigenvalue weighted by molar-refractivity contribution is 7.91. The average Bonchev–Trinajstić information content (AvgIpc) is 3.43. The molecule has 0 aliphatic carbocycles. The summed E-state index contributed by atoms with van der Waals surface area (Å²) in [4.78, 5) is 17.0. The van der Waals surface area contributed by atoms with Gasteiger partial charge in [0.05, 0.1) is 28.9 Å². The van der Waals surface area contributed by atoms with Gasteiger partial charge in [0.15, 0.2) is 15.5 Å². The topological polar surface area (TPSA) is 75.5 Å². The monoisotopic (exact) mass is 482 g/mol. The number of hydrogen-bond donors (Lipinski definition) is 0. The lowest BCUT2D eigenvalue weighted by molar-refractivity contribution is 0.0739. The van der Waals surface area contributed by atoms with Crippen LogP contribution in [0.25, 0.3) is 11.3 Å². The van der Waals surface area contributed by atoms with Crippen LogP contribution in [0.1, 0.15) is 28.5 Å². The molecule has 34 heavy (non-hydrogen) atoms. The Kier molecular flexibility index (Phi) is 5.89. The summed E-state index contributed by atoms with van der Waals surface area (Å²) >= 11 is 0. The van der Waals surface area contributed by atoms with E-state index in [9.17, 15) is 17.6 Å². The van der Waals surface area contributed by atoms with Crippen LogP contribution in [0.15, 0.2) is 54.6 Å². The van der Waals surface area contributed by atoms with Crippen LogP contribution >= 0.6 is 0 Å². The first-order valence-corrected chi connectivity index (χ1v) is 13.3. The summed E-state index contributed by atoms with van der Waals surface area (Å²) in [7, 11) is -3.11. The first-order valence-electron chi connectivity index (χ1n) is 11.5. The molecule has 5 rings (SSSR count). The molecule has 7 nitrogen and oxygen atoms in total. The zero-order valence-electron chi connectivity index (χ0n) is 19.0. The quantitative estimate of drug-likeness (QED) is 0.570. The molecule has 2 aromatic carbocycles. The number of para-hydroxylation sites is 1. The van der Waals surface area contributed by atoms with Crippen molar-refractivity contribution in [3.8, 4) is 11.3 Å². The van der Waals surface area contributed by atoms with Crippen molar-refractivity contribution < 1.29 is 17.6 Å². The molecule has 0 saturated carbocycles. The molecule has 2 aliphatic heterocycles. The summed E-state index contributed by atoms with van der Waals surface area (Å²) < 4.78 is 40.1. The van der Waals surface area contributed by atoms with Crippen molar-refractivity contribution in [1.29, 1.82) is 0 Å². The molecular weight excluding hydrogens is 455 g/mol. The first kappa shape index (κ1) is 22.6. The molecule has 3 heterocycles. The maximum absolute atomic E-state index is 14.2. The maximum Gasteiger partial charge on any atom is 0.274 e. The molecule has 0 radical (unpaired) electrons. The third kappa shape index (κ3) is 4.44. The number of amides is 1. The number of carbonyl (C=O) groups is 1. The average molecular weight is 483 g/mol. The fraction of sp³-hybridized carbons (Fsp3) is 0.360. The van der Waals surface area contributed by atoms with Crippen molar-refractivity contribution in [2.24, 2.45) is 0 Å². The first-order chi connectivity index (χ1) is 16.3. The predicted molar refractivity (Wildman–Crippen MR) is 129 cm³/mol. The van der Waals surface area contributed by atoms with Gasteiger partial charge in [-0.3, -0.25) is 9.48 Å². The van der Waals surface area contributed by atoms with Gasteiger partial charge >= 0.3 is 0 Å². The van der Waals surface area contributed by atoms with Gasteiger partial charge in [-0.1, -0.05) is 42.0 Å². The van der Waals surface area contributed by atoms with Crippen LogP contribution in [0.3, 0.4) is 0 Å². The summed E-state index contributed by atoms with van der Waals surface area (Å²) in [6.07, 6.45) is 0.484. The Morgan fingerprint density at radius 2 is 1.74 bits per heavy atom. The van der Waals surface area contributed by atoms with E-state index >= 15 is 0 Å². The largest absolute Gasteiger partial charge is 0.366 e. The van der Waals surface area contributed by atoms with Gasteiger partial charge < -0.3 is 9.80 Å². The summed E-state index contributed by atoms with van der Waals surface area (Å²) in [5.41, 5.74) is 3.60. The molecule has 178 valence electrons. The van der Waals surface area contributed by atoms with E-state index in [2.05, 4.69) is 5.10 Å². The fourth-order valence-electron chi connectivity index (χ4n) is 4.71. The van der Waals surface area contributed by atoms with E-state index in [-0.39, 0.29) is 29.3 Å². The number of rotatable bonds is 4. The van der Waals surface area contributed by atoms with Crippen LogP contribution in [0, 0.1) is 12.7 Å². The van der Waals surface area contributed by atoms with Gasteiger partial charge in [0.1, 0.15) is 5.82 Å². The minimum absolute atomic E-state index is 0.0302. The molecule has 0 bridgehead atoms. The summed E-state index contributed by atoms with van der Waals surface area (Å²) in [5, 5.41) is 4.61. The van der Waals surface area contributed by atoms with Gasteiger partial charge in [0, 0.05) is 26.2 Å². The van der Waals surface area contributed by atoms with Crippen molar-refractivity contribution in [2.45, 2.75) is 19.4 Å². The Bertz CT molecular complexity index is 1310. The SMILES string of the molecule is Cc1ccc(-c2cc(C(=O)N3CCN(c4ccccc4F)CC3)nn2[C@@H]2CCS(=O)(=O)C2)cc1. The lowest BCUT2D eigenvalue weighted by atomic mass is 10.1. The molecule has 9 heteroatoms. The second-order valence-corrected chi connectivity index (χ2v) is 11.2. The number of halogens is 1. The Morgan fingerprint density at radius 3 is 2.38 bits per heavy atom. The highest BCUT2D eigenvalue weighted by Crippen LogP contribution is 2.31. The van der Waals surface area contributed by atoms with Crippen LogP contribution in [-0.2, 0) is 9.84 Å². The van der Waals surface area contributed by atoms with E-state index < -0.39 is 9.84 Å². The zero-order chi connectivity index (χ0) is 23.9. The maximum atomic E-state index is 14.2. The van der Waals surface area contributed by atoms with E-state index in [0.29, 0.717) is 44.0 Å². The minimum atomic E-state index is -3.11. The Balaban J connectivity index is 1.39. The third-order valence-corrected chi connectivity index (χ3v) is 8.37. The van der Waals surface area contributed by atoms with Crippen LogP contribution in [-0.4, -0.2) is 66.7 Å². The second kappa shape index (κ2) is 8.87. The Labute approximate surface area is 198 Å². The van der Waals surface area contributed by atoms with Crippen LogP contribution in [0.5, 0.6) is 0 Å². The summed E-state index contributed by atoms with van der Waals surface area (Å²) in [5.74, 6) is -0.300. The van der Waals surface area contributed by atoms with Gasteiger partial charge in [0.25, 0.3) is 5.91 Å². The van der Waals surface area contributed by atoms with Crippen molar-refractivity contribution >= 4 is 21.4 Å². The van der Waals surface area contributed by atoms with E-state index in [4.69, 9.17) is 0 Å². The number of nitrogens with zero attached hydrogens (tertiary/aromatic N) is 4. The molecule has 0 unspecified atom stereocenters. The zero-order valence-corrected chi connectivity index (χ0v) is 19.8. The molecule has 0 spiro atoms. The van der Waals surface area contributed by atoms with Gasteiger partial charge in [-0.2, -0.15) is 5.10 Å². The minimum Gasteiger partial charge on any atom is -0.366 e. The molecule has 3 aromatic rings. The number of benzene rings is 2. The number of hydrogen-bond acceptors (Lipinski definition) is 5. The van der Waals surface area contributed by atoms with Gasteiger partial charge in [-0.15, -0.1) is 0 Å². The predicted octanol–water partition coefficient (Wildman–Crippen LogP) is 3.32. The highest BCUT2D eigenvalue weighted by Gasteiger charge is 2.33. The van der Waals surface area contributed by atoms with Crippen LogP contribution in [0.4, 0.5) is 10.1 Å². The number of anilines is 1. The Hall–Kier alpha value is -3.20. The molecule has 1 aromatic heterocycles. The van der Waals surface area contributed by atoms with E-state index in [1.165, 1.54) is 6.07 Å². The van der Waals surface area contributed by atoms with E-state index in [1.54, 1.807) is 33.8 Å². The molecule has 1 amide bonds. The van der Waals surface area contributed by atoms with Gasteiger partial charge in [-0.05, 0) is 37.1 Å². The standard InChI is InChI=1S/C25H27FN4O3S/c1-18-6-8-19(9-7-18)24-16-22(27-30(24)20-10-15-34(32,33)17-20)25(31)29-13-11-28(12-14-29)23-5-3-2-4-21(23)26/h2-9,16,20H,10-15,17H2,1H3/t20-/m1/s1. The lowest BCUT2D eigenvalue weighted by Crippen LogP contribution is -2.49. The molecule has 2 saturated heterocycles. The smallest absolute Gasteiger partial charge is 0.274 e. The van der Waals surface area contributed by atoms with Gasteiger partial charge in [0.2, 0.25) is 0 Å². The Morgan fingerprint density at radius 1 is 1.03 bits per heavy atom. The second-order valence-electron chi connectivity index (χ2n) is 9.01. The highest BCUT2D eigenvalue weighted by atomic mass is 32.2. The van der Waals surface area contributed by atoms with Crippen molar-refractivity contribution in [1.82, 2.24) is 14.7 Å². The lowest BCUT2D eigenvalue weighted by Gasteiger charge is -2.35. The number of piperazine rings is 1. The number of aryl methyl sites for hydroxylation is 1. The molecule has 0 N–H and O–H groups in total. The third-order valence-electron chi connectivity index (χ3n) is 6.62. The number of carbonyl (C=O) groups excluding carboxylic acids is 1. The van der Waals surface area contributed by atoms with Crippen molar-refractivity contribution in [3.63, 3.8) is 0 Å².